The molecule has 3 N–H and O–H groups in total. The highest BCUT2D eigenvalue weighted by Gasteiger charge is 2.54. The molecule has 0 aliphatic carbocycles. The van der Waals surface area contributed by atoms with Gasteiger partial charge in [-0.3, -0.25) is 23.9 Å². The fraction of sp³-hybridized carbons (Fsp3) is 0.240. The Hall–Kier alpha value is -3.55. The predicted molar refractivity (Wildman–Crippen MR) is 146 cm³/mol. The van der Waals surface area contributed by atoms with Crippen LogP contribution in [0.15, 0.2) is 67.4 Å². The average Bonchev–Trinajstić information content (AvgIpc) is 3.19. The van der Waals surface area contributed by atoms with E-state index in [1.807, 2.05) is 0 Å². The van der Waals surface area contributed by atoms with Crippen LogP contribution in [0.4, 0.5) is 0 Å². The van der Waals surface area contributed by atoms with E-state index in [-0.39, 0.29) is 11.3 Å². The van der Waals surface area contributed by atoms with Crippen LogP contribution in [0.3, 0.4) is 0 Å². The molecule has 11 nitrogen and oxygen atoms in total. The first-order valence-electron chi connectivity index (χ1n) is 11.6. The Kier molecular flexibility index (Phi) is 7.31. The number of nitrogens with one attached hydrogen (secondary N) is 2. The zero-order valence-corrected chi connectivity index (χ0v) is 23.3. The van der Waals surface area contributed by atoms with Gasteiger partial charge in [0.05, 0.1) is 10.5 Å². The van der Waals surface area contributed by atoms with E-state index in [2.05, 4.69) is 26.6 Å². The summed E-state index contributed by atoms with van der Waals surface area (Å²) in [7, 11) is 0. The number of hydrogen-bond acceptors (Lipinski definition) is 7. The van der Waals surface area contributed by atoms with Gasteiger partial charge in [-0.1, -0.05) is 41.9 Å². The van der Waals surface area contributed by atoms with E-state index in [9.17, 15) is 29.1 Å². The van der Waals surface area contributed by atoms with Crippen molar-refractivity contribution in [2.45, 2.75) is 30.9 Å². The number of benzene rings is 2. The number of β-lactam (4-membered cyclic amide) rings is 1. The number of fused-ring (bicyclic) bond motifs is 2. The second kappa shape index (κ2) is 10.5. The number of aromatic nitrogens is 1. The molecular formula is C25H20BrClN4O7S. The van der Waals surface area contributed by atoms with Gasteiger partial charge in [0.1, 0.15) is 29.7 Å². The summed E-state index contributed by atoms with van der Waals surface area (Å²) >= 11 is 10.8. The first kappa shape index (κ1) is 27.0. The second-order valence-corrected chi connectivity index (χ2v) is 11.3. The molecule has 2 aliphatic heterocycles. The molecule has 0 saturated carbocycles. The van der Waals surface area contributed by atoms with Crippen LogP contribution in [0.5, 0.6) is 0 Å². The molecule has 14 heteroatoms. The molecule has 3 atom stereocenters. The maximum Gasteiger partial charge on any atom is 0.420 e. The van der Waals surface area contributed by atoms with Crippen molar-refractivity contribution < 1.29 is 28.7 Å². The molecule has 5 rings (SSSR count). The summed E-state index contributed by atoms with van der Waals surface area (Å²) in [6.45, 7) is 1.19. The van der Waals surface area contributed by atoms with E-state index >= 15 is 0 Å². The minimum Gasteiger partial charge on any atom is -0.477 e. The Morgan fingerprint density at radius 1 is 1.23 bits per heavy atom. The number of carbonyl (C=O) groups is 4. The van der Waals surface area contributed by atoms with Crippen LogP contribution in [0, 0.1) is 0 Å². The van der Waals surface area contributed by atoms with E-state index in [1.54, 1.807) is 37.3 Å². The van der Waals surface area contributed by atoms with E-state index in [1.165, 1.54) is 28.8 Å². The molecule has 202 valence electrons. The van der Waals surface area contributed by atoms with Crippen LogP contribution in [0.1, 0.15) is 18.5 Å². The smallest absolute Gasteiger partial charge is 0.420 e. The number of halogens is 2. The van der Waals surface area contributed by atoms with Crippen molar-refractivity contribution in [1.29, 1.82) is 0 Å². The van der Waals surface area contributed by atoms with Crippen LogP contribution in [0.25, 0.3) is 11.1 Å². The van der Waals surface area contributed by atoms with Gasteiger partial charge in [-0.25, -0.2) is 9.59 Å². The zero-order chi connectivity index (χ0) is 28.0. The van der Waals surface area contributed by atoms with Crippen molar-refractivity contribution in [1.82, 2.24) is 20.1 Å². The number of oxazole rings is 1. The third kappa shape index (κ3) is 4.97. The lowest BCUT2D eigenvalue weighted by molar-refractivity contribution is -0.151. The first-order chi connectivity index (χ1) is 18.6. The van der Waals surface area contributed by atoms with Gasteiger partial charge in [0, 0.05) is 10.2 Å². The molecular weight excluding hydrogens is 616 g/mol. The molecule has 2 aromatic carbocycles. The average molecular weight is 636 g/mol. The third-order valence-corrected chi connectivity index (χ3v) is 8.99. The Morgan fingerprint density at radius 3 is 2.64 bits per heavy atom. The highest BCUT2D eigenvalue weighted by atomic mass is 79.9. The summed E-state index contributed by atoms with van der Waals surface area (Å²) < 4.78 is 6.82. The summed E-state index contributed by atoms with van der Waals surface area (Å²) in [6.07, 6.45) is 0. The highest BCUT2D eigenvalue weighted by molar-refractivity contribution is 9.10. The second-order valence-electron chi connectivity index (χ2n) is 8.93. The molecule has 0 spiro atoms. The molecule has 0 radical (unpaired) electrons. The van der Waals surface area contributed by atoms with Crippen LogP contribution in [-0.2, 0) is 25.7 Å². The molecule has 39 heavy (non-hydrogen) atoms. The fourth-order valence-corrected chi connectivity index (χ4v) is 6.29. The first-order valence-corrected chi connectivity index (χ1v) is 13.8. The SMILES string of the molecule is CC1=C(C(=O)O)N2C(=O)C(NC(=O)C(NC(=O)Cn3c(=O)oc4cc(Br)c(Cl)cc43)c3ccccc3)[C@H]2SC1. The monoisotopic (exact) mass is 634 g/mol. The summed E-state index contributed by atoms with van der Waals surface area (Å²) in [5.74, 6) is -3.45. The van der Waals surface area contributed by atoms with Gasteiger partial charge < -0.3 is 20.2 Å². The van der Waals surface area contributed by atoms with Gasteiger partial charge in [0.25, 0.3) is 5.91 Å². The maximum atomic E-state index is 13.4. The quantitative estimate of drug-likeness (QED) is 0.335. The summed E-state index contributed by atoms with van der Waals surface area (Å²) in [5.41, 5.74) is 1.46. The number of rotatable bonds is 7. The minimum atomic E-state index is -1.21. The van der Waals surface area contributed by atoms with Crippen LogP contribution in [-0.4, -0.2) is 55.4 Å². The van der Waals surface area contributed by atoms with Gasteiger partial charge >= 0.3 is 11.7 Å². The lowest BCUT2D eigenvalue weighted by Gasteiger charge is -2.49. The topological polar surface area (TPSA) is 151 Å². The van der Waals surface area contributed by atoms with Crippen molar-refractivity contribution in [3.8, 4) is 0 Å². The van der Waals surface area contributed by atoms with E-state index in [4.69, 9.17) is 16.0 Å². The van der Waals surface area contributed by atoms with Gasteiger partial charge in [0.2, 0.25) is 11.8 Å². The lowest BCUT2D eigenvalue weighted by atomic mass is 10.0. The number of carboxylic acid groups (broad SMARTS) is 1. The number of carboxylic acids is 1. The highest BCUT2D eigenvalue weighted by Crippen LogP contribution is 2.40. The fourth-order valence-electron chi connectivity index (χ4n) is 4.52. The normalized spacial score (nSPS) is 19.4. The maximum absolute atomic E-state index is 13.4. The van der Waals surface area contributed by atoms with Crippen molar-refractivity contribution in [2.75, 3.05) is 5.75 Å². The Morgan fingerprint density at radius 2 is 1.95 bits per heavy atom. The van der Waals surface area contributed by atoms with Crippen LogP contribution in [0.2, 0.25) is 5.02 Å². The lowest BCUT2D eigenvalue weighted by Crippen LogP contribution is -2.71. The summed E-state index contributed by atoms with van der Waals surface area (Å²) in [5, 5.41) is 14.6. The largest absolute Gasteiger partial charge is 0.477 e. The van der Waals surface area contributed by atoms with Crippen molar-refractivity contribution in [2.24, 2.45) is 0 Å². The van der Waals surface area contributed by atoms with Crippen LogP contribution >= 0.6 is 39.3 Å². The number of hydrogen-bond donors (Lipinski definition) is 3. The summed E-state index contributed by atoms with van der Waals surface area (Å²) in [6, 6.07) is 9.24. The summed E-state index contributed by atoms with van der Waals surface area (Å²) in [4.78, 5) is 64.6. The van der Waals surface area contributed by atoms with E-state index < -0.39 is 53.4 Å². The van der Waals surface area contributed by atoms with E-state index in [0.717, 1.165) is 4.57 Å². The molecule has 2 unspecified atom stereocenters. The number of carbonyl (C=O) groups excluding carboxylic acids is 3. The number of aliphatic carboxylic acids is 1. The van der Waals surface area contributed by atoms with Gasteiger partial charge in [0.15, 0.2) is 5.58 Å². The zero-order valence-electron chi connectivity index (χ0n) is 20.1. The molecule has 1 fully saturated rings. The minimum absolute atomic E-state index is 0.0768. The molecule has 3 aromatic rings. The van der Waals surface area contributed by atoms with Gasteiger partial charge in [-0.05, 0) is 46.1 Å². The van der Waals surface area contributed by atoms with Gasteiger partial charge in [-0.2, -0.15) is 0 Å². The van der Waals surface area contributed by atoms with Gasteiger partial charge in [-0.15, -0.1) is 11.8 Å². The number of amides is 3. The van der Waals surface area contributed by atoms with E-state index in [0.29, 0.717) is 31.9 Å². The Labute approximate surface area is 238 Å². The Bertz CT molecular complexity index is 1620. The van der Waals surface area contributed by atoms with Crippen molar-refractivity contribution in [3.63, 3.8) is 0 Å². The predicted octanol–water partition coefficient (Wildman–Crippen LogP) is 2.63. The molecule has 3 heterocycles. The van der Waals surface area contributed by atoms with Crippen LogP contribution < -0.4 is 16.4 Å². The molecule has 3 amide bonds. The molecule has 0 bridgehead atoms. The molecule has 2 aliphatic rings. The van der Waals surface area contributed by atoms with Crippen molar-refractivity contribution in [3.05, 3.63) is 79.3 Å². The van der Waals surface area contributed by atoms with Crippen molar-refractivity contribution >= 4 is 74.1 Å². The molecule has 1 aromatic heterocycles. The molecule has 1 saturated heterocycles. The standard InChI is InChI=1S/C25H20BrClN4O7S/c1-11-10-39-23-19(22(34)31(23)20(11)24(35)36)29-21(33)18(12-5-3-2-4-6-12)28-17(32)9-30-15-8-14(27)13(26)7-16(15)38-25(30)37/h2-8,18-19,23H,9-10H2,1H3,(H,28,32)(H,29,33)(H,35,36)/t18?,19?,23-/m1/s1. The Balaban J connectivity index is 1.36. The number of nitrogens with zero attached hydrogens (tertiary/aromatic N) is 2. The third-order valence-electron chi connectivity index (χ3n) is 6.37. The number of thioether (sulfide) groups is 1.